The Morgan fingerprint density at radius 3 is 2.66 bits per heavy atom. The van der Waals surface area contributed by atoms with Crippen LogP contribution < -0.4 is 15.6 Å². The minimum absolute atomic E-state index is 0.00197. The van der Waals surface area contributed by atoms with Gasteiger partial charge in [-0.15, -0.1) is 5.48 Å². The van der Waals surface area contributed by atoms with Crippen molar-refractivity contribution < 1.29 is 24.3 Å². The summed E-state index contributed by atoms with van der Waals surface area (Å²) < 4.78 is 0. The van der Waals surface area contributed by atoms with Crippen LogP contribution in [-0.4, -0.2) is 58.9 Å². The van der Waals surface area contributed by atoms with Gasteiger partial charge in [0.1, 0.15) is 17.8 Å². The van der Waals surface area contributed by atoms with Crippen LogP contribution in [0.3, 0.4) is 0 Å². The molecule has 3 atom stereocenters. The van der Waals surface area contributed by atoms with E-state index in [1.165, 1.54) is 4.90 Å². The van der Waals surface area contributed by atoms with E-state index < -0.39 is 24.1 Å². The van der Waals surface area contributed by atoms with E-state index in [2.05, 4.69) is 10.8 Å². The monoisotopic (exact) mass is 405 g/mol. The first kappa shape index (κ1) is 22.8. The Labute approximate surface area is 171 Å². The maximum Gasteiger partial charge on any atom is 0.326 e. The zero-order valence-electron chi connectivity index (χ0n) is 17.1. The summed E-state index contributed by atoms with van der Waals surface area (Å²) in [6.07, 6.45) is 3.58. The Bertz CT molecular complexity index is 682. The van der Waals surface area contributed by atoms with Crippen molar-refractivity contribution in [2.45, 2.75) is 64.1 Å². The lowest BCUT2D eigenvalue weighted by Gasteiger charge is -2.25. The molecule has 160 valence electrons. The molecule has 0 saturated carbocycles. The molecule has 1 unspecified atom stereocenters. The highest BCUT2D eigenvalue weighted by Gasteiger charge is 2.36. The fourth-order valence-corrected chi connectivity index (χ4v) is 3.32. The summed E-state index contributed by atoms with van der Waals surface area (Å²) in [4.78, 5) is 43.4. The lowest BCUT2D eigenvalue weighted by atomic mass is 10.1. The van der Waals surface area contributed by atoms with Gasteiger partial charge >= 0.3 is 5.97 Å². The number of hydrogen-bond donors (Lipinski definition) is 3. The van der Waals surface area contributed by atoms with Crippen LogP contribution in [0.4, 0.5) is 0 Å². The number of para-hydroxylation sites is 1. The number of carboxylic acids is 1. The van der Waals surface area contributed by atoms with Gasteiger partial charge < -0.3 is 14.8 Å². The summed E-state index contributed by atoms with van der Waals surface area (Å²) in [7, 11) is 0. The number of benzene rings is 1. The molecule has 1 aliphatic heterocycles. The van der Waals surface area contributed by atoms with E-state index >= 15 is 0 Å². The number of amides is 1. The highest BCUT2D eigenvalue weighted by molar-refractivity contribution is 5.89. The zero-order valence-corrected chi connectivity index (χ0v) is 17.1. The van der Waals surface area contributed by atoms with Crippen LogP contribution in [0.15, 0.2) is 30.3 Å². The number of hydroxylamine groups is 1. The maximum atomic E-state index is 12.7. The minimum atomic E-state index is -0.985. The predicted octanol–water partition coefficient (Wildman–Crippen LogP) is 1.75. The lowest BCUT2D eigenvalue weighted by molar-refractivity contribution is -0.149. The van der Waals surface area contributed by atoms with Crippen LogP contribution in [0.5, 0.6) is 5.75 Å². The van der Waals surface area contributed by atoms with E-state index in [-0.39, 0.29) is 18.2 Å². The van der Waals surface area contributed by atoms with E-state index in [4.69, 9.17) is 4.84 Å². The molecule has 1 amide bonds. The maximum absolute atomic E-state index is 12.7. The molecule has 8 nitrogen and oxygen atoms in total. The fraction of sp³-hybridized carbons (Fsp3) is 0.571. The van der Waals surface area contributed by atoms with Gasteiger partial charge in [-0.1, -0.05) is 38.0 Å². The quantitative estimate of drug-likeness (QED) is 0.455. The van der Waals surface area contributed by atoms with Crippen molar-refractivity contribution in [3.63, 3.8) is 0 Å². The first-order valence-corrected chi connectivity index (χ1v) is 10.2. The number of ketones is 1. The molecule has 1 saturated heterocycles. The summed E-state index contributed by atoms with van der Waals surface area (Å²) >= 11 is 0. The molecule has 1 aliphatic rings. The van der Waals surface area contributed by atoms with Crippen LogP contribution in [-0.2, 0) is 14.4 Å². The third-order valence-electron chi connectivity index (χ3n) is 5.07. The molecular formula is C21H31N3O5. The standard InChI is InChI=1S/C21H31N3O5/c1-3-4-11-17(23-29-16-9-6-5-7-10-16)19(25)14-22-15(2)20(26)24-13-8-12-18(24)21(27)28/h5-7,9-10,15,17-18,22-23H,3-4,8,11-14H2,1-2H3,(H,27,28)/t15-,17?,18-/m0/s1. The Morgan fingerprint density at radius 1 is 1.28 bits per heavy atom. The van der Waals surface area contributed by atoms with E-state index in [1.54, 1.807) is 19.1 Å². The largest absolute Gasteiger partial charge is 0.480 e. The number of hydrogen-bond acceptors (Lipinski definition) is 6. The number of nitrogens with zero attached hydrogens (tertiary/aromatic N) is 1. The smallest absolute Gasteiger partial charge is 0.326 e. The fourth-order valence-electron chi connectivity index (χ4n) is 3.32. The van der Waals surface area contributed by atoms with Crippen LogP contribution in [0.2, 0.25) is 0 Å². The van der Waals surface area contributed by atoms with E-state index in [0.29, 0.717) is 31.6 Å². The van der Waals surface area contributed by atoms with Crippen molar-refractivity contribution in [3.8, 4) is 5.75 Å². The molecule has 0 bridgehead atoms. The molecule has 1 heterocycles. The Balaban J connectivity index is 1.87. The molecule has 2 rings (SSSR count). The molecule has 0 radical (unpaired) electrons. The van der Waals surface area contributed by atoms with Gasteiger partial charge in [0.25, 0.3) is 0 Å². The predicted molar refractivity (Wildman–Crippen MR) is 108 cm³/mol. The summed E-state index contributed by atoms with van der Waals surface area (Å²) in [5.74, 6) is -0.764. The van der Waals surface area contributed by atoms with Crippen molar-refractivity contribution in [1.29, 1.82) is 0 Å². The second-order valence-corrected chi connectivity index (χ2v) is 7.32. The number of unbranched alkanes of at least 4 members (excludes halogenated alkanes) is 1. The van der Waals surface area contributed by atoms with Crippen molar-refractivity contribution in [3.05, 3.63) is 30.3 Å². The van der Waals surface area contributed by atoms with Gasteiger partial charge in [0.2, 0.25) is 5.91 Å². The number of likely N-dealkylation sites (tertiary alicyclic amines) is 1. The number of carbonyl (C=O) groups excluding carboxylic acids is 2. The molecule has 1 aromatic carbocycles. The lowest BCUT2D eigenvalue weighted by Crippen LogP contribution is -2.51. The molecule has 1 fully saturated rings. The van der Waals surface area contributed by atoms with Crippen LogP contribution in [0, 0.1) is 0 Å². The van der Waals surface area contributed by atoms with Crippen molar-refractivity contribution in [2.24, 2.45) is 0 Å². The highest BCUT2D eigenvalue weighted by Crippen LogP contribution is 2.18. The van der Waals surface area contributed by atoms with Gasteiger partial charge in [-0.2, -0.15) is 0 Å². The molecule has 0 aromatic heterocycles. The number of carboxylic acid groups (broad SMARTS) is 1. The average molecular weight is 405 g/mol. The molecule has 3 N–H and O–H groups in total. The highest BCUT2D eigenvalue weighted by atomic mass is 16.6. The Morgan fingerprint density at radius 2 is 2.00 bits per heavy atom. The number of rotatable bonds is 12. The zero-order chi connectivity index (χ0) is 21.2. The summed E-state index contributed by atoms with van der Waals surface area (Å²) in [5, 5.41) is 12.2. The summed E-state index contributed by atoms with van der Waals surface area (Å²) in [6, 6.07) is 7.24. The number of nitrogens with one attached hydrogen (secondary N) is 2. The van der Waals surface area contributed by atoms with Gasteiger partial charge in [-0.3, -0.25) is 14.9 Å². The van der Waals surface area contributed by atoms with Gasteiger partial charge in [0, 0.05) is 6.54 Å². The number of Topliss-reactive ketones (excluding diaryl/α,β-unsaturated/α-hetero) is 1. The summed E-state index contributed by atoms with van der Waals surface area (Å²) in [6.45, 7) is 4.13. The van der Waals surface area contributed by atoms with Crippen LogP contribution in [0.1, 0.15) is 46.0 Å². The first-order chi connectivity index (χ1) is 13.9. The van der Waals surface area contributed by atoms with E-state index in [0.717, 1.165) is 12.8 Å². The normalized spacial score (nSPS) is 18.3. The van der Waals surface area contributed by atoms with Gasteiger partial charge in [-0.25, -0.2) is 4.79 Å². The van der Waals surface area contributed by atoms with Crippen LogP contribution >= 0.6 is 0 Å². The topological polar surface area (TPSA) is 108 Å². The third kappa shape index (κ3) is 6.83. The van der Waals surface area contributed by atoms with Gasteiger partial charge in [0.15, 0.2) is 5.78 Å². The Kier molecular flexibility index (Phi) is 9.08. The van der Waals surface area contributed by atoms with E-state index in [9.17, 15) is 19.5 Å². The SMILES string of the molecule is CCCCC(NOc1ccccc1)C(=O)CN[C@@H](C)C(=O)N1CCC[C@H]1C(=O)O. The van der Waals surface area contributed by atoms with Gasteiger partial charge in [-0.05, 0) is 38.3 Å². The van der Waals surface area contributed by atoms with Crippen molar-refractivity contribution >= 4 is 17.7 Å². The molecule has 8 heteroatoms. The molecule has 29 heavy (non-hydrogen) atoms. The Hall–Kier alpha value is -2.45. The molecular weight excluding hydrogens is 374 g/mol. The second-order valence-electron chi connectivity index (χ2n) is 7.32. The summed E-state index contributed by atoms with van der Waals surface area (Å²) in [5.41, 5.74) is 2.84. The molecule has 1 aromatic rings. The van der Waals surface area contributed by atoms with Gasteiger partial charge in [0.05, 0.1) is 12.6 Å². The van der Waals surface area contributed by atoms with Crippen molar-refractivity contribution in [2.75, 3.05) is 13.1 Å². The van der Waals surface area contributed by atoms with Crippen LogP contribution in [0.25, 0.3) is 0 Å². The number of carbonyl (C=O) groups is 3. The minimum Gasteiger partial charge on any atom is -0.480 e. The first-order valence-electron chi connectivity index (χ1n) is 10.2. The number of aliphatic carboxylic acids is 1. The second kappa shape index (κ2) is 11.5. The van der Waals surface area contributed by atoms with E-state index in [1.807, 2.05) is 25.1 Å². The third-order valence-corrected chi connectivity index (χ3v) is 5.07. The van der Waals surface area contributed by atoms with Crippen molar-refractivity contribution in [1.82, 2.24) is 15.7 Å². The molecule has 0 spiro atoms. The average Bonchev–Trinajstić information content (AvgIpc) is 3.22. The molecule has 0 aliphatic carbocycles.